The van der Waals surface area contributed by atoms with E-state index in [4.69, 9.17) is 0 Å². The van der Waals surface area contributed by atoms with Crippen LogP contribution in [0.4, 0.5) is 8.78 Å². The maximum absolute atomic E-state index is 12.3. The molecule has 0 unspecified atom stereocenters. The van der Waals surface area contributed by atoms with Crippen LogP contribution in [0.2, 0.25) is 0 Å². The van der Waals surface area contributed by atoms with Crippen LogP contribution in [0.3, 0.4) is 0 Å². The van der Waals surface area contributed by atoms with Crippen molar-refractivity contribution < 1.29 is 18.3 Å². The maximum atomic E-state index is 12.3. The molecule has 1 aliphatic heterocycles. The van der Waals surface area contributed by atoms with Gasteiger partial charge in [0.2, 0.25) is 0 Å². The zero-order valence-electron chi connectivity index (χ0n) is 11.7. The number of hydrogen-bond donors (Lipinski definition) is 1. The molecular formula is C14H19ClF2N2O2. The lowest BCUT2D eigenvalue weighted by molar-refractivity contribution is -0.0499. The molecule has 0 saturated carbocycles. The minimum absolute atomic E-state index is 0. The first kappa shape index (κ1) is 17.7. The monoisotopic (exact) mass is 320 g/mol. The first-order valence-corrected chi connectivity index (χ1v) is 6.61. The number of alkyl halides is 2. The molecule has 0 spiro atoms. The van der Waals surface area contributed by atoms with Gasteiger partial charge in [-0.3, -0.25) is 4.79 Å². The quantitative estimate of drug-likeness (QED) is 0.927. The molecule has 1 amide bonds. The Morgan fingerprint density at radius 3 is 2.62 bits per heavy atom. The zero-order valence-corrected chi connectivity index (χ0v) is 12.5. The molecule has 1 aromatic rings. The van der Waals surface area contributed by atoms with Crippen LogP contribution >= 0.6 is 12.4 Å². The van der Waals surface area contributed by atoms with E-state index in [1.807, 2.05) is 7.05 Å². The number of benzene rings is 1. The van der Waals surface area contributed by atoms with Gasteiger partial charge in [0.1, 0.15) is 5.75 Å². The highest BCUT2D eigenvalue weighted by atomic mass is 35.5. The van der Waals surface area contributed by atoms with Gasteiger partial charge in [0.05, 0.1) is 0 Å². The molecule has 1 aliphatic rings. The van der Waals surface area contributed by atoms with Crippen LogP contribution in [-0.2, 0) is 0 Å². The molecule has 1 aromatic carbocycles. The van der Waals surface area contributed by atoms with Crippen LogP contribution in [0.5, 0.6) is 5.75 Å². The lowest BCUT2D eigenvalue weighted by Gasteiger charge is -2.31. The molecule has 0 radical (unpaired) electrons. The molecule has 2 rings (SSSR count). The van der Waals surface area contributed by atoms with Crippen LogP contribution in [-0.4, -0.2) is 43.6 Å². The molecule has 7 heteroatoms. The molecule has 1 heterocycles. The Labute approximate surface area is 128 Å². The number of carbonyl (C=O) groups excluding carboxylic acids is 1. The van der Waals surface area contributed by atoms with Gasteiger partial charge in [-0.2, -0.15) is 8.78 Å². The molecule has 1 saturated heterocycles. The Balaban J connectivity index is 0.00000220. The second kappa shape index (κ2) is 8.14. The number of nitrogens with zero attached hydrogens (tertiary/aromatic N) is 1. The van der Waals surface area contributed by atoms with Crippen LogP contribution in [0.1, 0.15) is 23.2 Å². The third-order valence-electron chi connectivity index (χ3n) is 3.50. The Hall–Kier alpha value is -1.40. The topological polar surface area (TPSA) is 41.6 Å². The van der Waals surface area contributed by atoms with E-state index in [1.54, 1.807) is 17.0 Å². The summed E-state index contributed by atoms with van der Waals surface area (Å²) in [5.41, 5.74) is 0.381. The van der Waals surface area contributed by atoms with Gasteiger partial charge < -0.3 is 15.0 Å². The molecule has 0 atom stereocenters. The Morgan fingerprint density at radius 1 is 1.38 bits per heavy atom. The summed E-state index contributed by atoms with van der Waals surface area (Å²) in [5.74, 6) is -0.129. The van der Waals surface area contributed by atoms with Gasteiger partial charge in [-0.1, -0.05) is 6.07 Å². The summed E-state index contributed by atoms with van der Waals surface area (Å²) in [6, 6.07) is 6.37. The molecular weight excluding hydrogens is 302 g/mol. The fourth-order valence-corrected chi connectivity index (χ4v) is 2.36. The summed E-state index contributed by atoms with van der Waals surface area (Å²) in [6.07, 6.45) is 1.80. The minimum Gasteiger partial charge on any atom is -0.435 e. The zero-order chi connectivity index (χ0) is 14.5. The number of halogens is 3. The van der Waals surface area contributed by atoms with Crippen molar-refractivity contribution in [2.45, 2.75) is 25.5 Å². The van der Waals surface area contributed by atoms with Gasteiger partial charge in [0.25, 0.3) is 5.91 Å². The van der Waals surface area contributed by atoms with Crippen molar-refractivity contribution in [2.24, 2.45) is 0 Å². The predicted octanol–water partition coefficient (Wildman–Crippen LogP) is 2.53. The van der Waals surface area contributed by atoms with Crippen LogP contribution in [0.25, 0.3) is 0 Å². The number of hydrogen-bond acceptors (Lipinski definition) is 3. The number of amides is 1. The number of ether oxygens (including phenoxy) is 1. The first-order chi connectivity index (χ1) is 9.60. The standard InChI is InChI=1S/C14H18F2N2O2.ClH/c1-17-11-5-7-18(8-6-11)13(19)10-3-2-4-12(9-10)20-14(15)16;/h2-4,9,11,14,17H,5-8H2,1H3;1H. The highest BCUT2D eigenvalue weighted by Crippen LogP contribution is 2.19. The average Bonchev–Trinajstić information content (AvgIpc) is 2.46. The van der Waals surface area contributed by atoms with E-state index in [0.717, 1.165) is 12.8 Å². The summed E-state index contributed by atoms with van der Waals surface area (Å²) < 4.78 is 28.6. The summed E-state index contributed by atoms with van der Waals surface area (Å²) in [5, 5.41) is 3.19. The third kappa shape index (κ3) is 4.82. The van der Waals surface area contributed by atoms with Gasteiger partial charge in [-0.25, -0.2) is 0 Å². The fourth-order valence-electron chi connectivity index (χ4n) is 2.36. The van der Waals surface area contributed by atoms with Crippen molar-refractivity contribution in [2.75, 3.05) is 20.1 Å². The summed E-state index contributed by atoms with van der Waals surface area (Å²) in [4.78, 5) is 14.0. The van der Waals surface area contributed by atoms with Crippen molar-refractivity contribution in [1.82, 2.24) is 10.2 Å². The van der Waals surface area contributed by atoms with Crippen molar-refractivity contribution in [3.8, 4) is 5.75 Å². The smallest absolute Gasteiger partial charge is 0.387 e. The van der Waals surface area contributed by atoms with E-state index in [2.05, 4.69) is 10.1 Å². The normalized spacial score (nSPS) is 15.7. The lowest BCUT2D eigenvalue weighted by Crippen LogP contribution is -2.43. The van der Waals surface area contributed by atoms with E-state index in [0.29, 0.717) is 24.7 Å². The number of nitrogens with one attached hydrogen (secondary N) is 1. The Morgan fingerprint density at radius 2 is 2.05 bits per heavy atom. The van der Waals surface area contributed by atoms with E-state index in [1.165, 1.54) is 12.1 Å². The largest absolute Gasteiger partial charge is 0.435 e. The highest BCUT2D eigenvalue weighted by molar-refractivity contribution is 5.94. The molecule has 0 aromatic heterocycles. The lowest BCUT2D eigenvalue weighted by atomic mass is 10.0. The third-order valence-corrected chi connectivity index (χ3v) is 3.50. The molecule has 4 nitrogen and oxygen atoms in total. The van der Waals surface area contributed by atoms with Crippen LogP contribution in [0.15, 0.2) is 24.3 Å². The van der Waals surface area contributed by atoms with Gasteiger partial charge in [0.15, 0.2) is 0 Å². The highest BCUT2D eigenvalue weighted by Gasteiger charge is 2.23. The predicted molar refractivity (Wildman–Crippen MR) is 78.3 cm³/mol. The Bertz CT molecular complexity index is 466. The first-order valence-electron chi connectivity index (χ1n) is 6.61. The number of piperidine rings is 1. The van der Waals surface area contributed by atoms with E-state index >= 15 is 0 Å². The minimum atomic E-state index is -2.88. The number of likely N-dealkylation sites (tertiary alicyclic amines) is 1. The molecule has 0 aliphatic carbocycles. The van der Waals surface area contributed by atoms with Crippen LogP contribution in [0, 0.1) is 0 Å². The van der Waals surface area contributed by atoms with Gasteiger partial charge in [-0.05, 0) is 38.1 Å². The summed E-state index contributed by atoms with van der Waals surface area (Å²) in [7, 11) is 1.91. The summed E-state index contributed by atoms with van der Waals surface area (Å²) >= 11 is 0. The number of rotatable bonds is 4. The van der Waals surface area contributed by atoms with Crippen molar-refractivity contribution in [1.29, 1.82) is 0 Å². The number of carbonyl (C=O) groups is 1. The average molecular weight is 321 g/mol. The fraction of sp³-hybridized carbons (Fsp3) is 0.500. The Kier molecular flexibility index (Phi) is 6.84. The van der Waals surface area contributed by atoms with Crippen molar-refractivity contribution >= 4 is 18.3 Å². The van der Waals surface area contributed by atoms with Crippen LogP contribution < -0.4 is 10.1 Å². The van der Waals surface area contributed by atoms with Crippen molar-refractivity contribution in [3.05, 3.63) is 29.8 Å². The van der Waals surface area contributed by atoms with Crippen molar-refractivity contribution in [3.63, 3.8) is 0 Å². The molecule has 0 bridgehead atoms. The molecule has 1 fully saturated rings. The van der Waals surface area contributed by atoms with Gasteiger partial charge >= 0.3 is 6.61 Å². The van der Waals surface area contributed by atoms with Gasteiger partial charge in [0, 0.05) is 24.7 Å². The second-order valence-corrected chi connectivity index (χ2v) is 4.76. The maximum Gasteiger partial charge on any atom is 0.387 e. The SMILES string of the molecule is CNC1CCN(C(=O)c2cccc(OC(F)F)c2)CC1.Cl. The van der Waals surface area contributed by atoms with E-state index in [-0.39, 0.29) is 24.1 Å². The molecule has 118 valence electrons. The molecule has 21 heavy (non-hydrogen) atoms. The van der Waals surface area contributed by atoms with E-state index < -0.39 is 6.61 Å². The second-order valence-electron chi connectivity index (χ2n) is 4.76. The van der Waals surface area contributed by atoms with Gasteiger partial charge in [-0.15, -0.1) is 12.4 Å². The summed E-state index contributed by atoms with van der Waals surface area (Å²) in [6.45, 7) is -1.54. The molecule has 1 N–H and O–H groups in total. The van der Waals surface area contributed by atoms with E-state index in [9.17, 15) is 13.6 Å².